The molecule has 9 heteroatoms. The van der Waals surface area contributed by atoms with Crippen molar-refractivity contribution in [2.24, 2.45) is 0 Å². The molecule has 33 heavy (non-hydrogen) atoms. The van der Waals surface area contributed by atoms with E-state index in [1.807, 2.05) is 36.4 Å². The molecule has 0 saturated carbocycles. The maximum Gasteiger partial charge on any atom is 0.334 e. The number of nitrogens with zero attached hydrogens (tertiary/aromatic N) is 2. The number of hydrogen-bond donors (Lipinski definition) is 2. The van der Waals surface area contributed by atoms with Gasteiger partial charge in [-0.1, -0.05) is 30.3 Å². The summed E-state index contributed by atoms with van der Waals surface area (Å²) in [6.07, 6.45) is 0. The largest absolute Gasteiger partial charge is 0.493 e. The summed E-state index contributed by atoms with van der Waals surface area (Å²) in [7, 11) is 1.37. The summed E-state index contributed by atoms with van der Waals surface area (Å²) >= 11 is 0. The number of carboxylic acids is 1. The first-order valence-electron chi connectivity index (χ1n) is 9.84. The van der Waals surface area contributed by atoms with Crippen LogP contribution in [0.1, 0.15) is 23.6 Å². The Hall–Kier alpha value is -4.58. The van der Waals surface area contributed by atoms with Crippen LogP contribution in [0.15, 0.2) is 66.7 Å². The van der Waals surface area contributed by atoms with Gasteiger partial charge in [0, 0.05) is 5.69 Å². The molecule has 3 rings (SSSR count). The van der Waals surface area contributed by atoms with Gasteiger partial charge in [0.2, 0.25) is 0 Å². The van der Waals surface area contributed by atoms with Crippen LogP contribution in [0, 0.1) is 21.4 Å². The van der Waals surface area contributed by atoms with Gasteiger partial charge in [0.25, 0.3) is 5.69 Å². The van der Waals surface area contributed by atoms with Crippen LogP contribution in [0.3, 0.4) is 0 Å². The van der Waals surface area contributed by atoms with Gasteiger partial charge < -0.3 is 19.9 Å². The molecule has 0 aliphatic carbocycles. The van der Waals surface area contributed by atoms with E-state index < -0.39 is 22.1 Å². The predicted octanol–water partition coefficient (Wildman–Crippen LogP) is 4.47. The molecular weight excluding hydrogens is 426 g/mol. The molecule has 0 heterocycles. The number of nitrogens with one attached hydrogen (secondary N) is 1. The van der Waals surface area contributed by atoms with Gasteiger partial charge in [0.1, 0.15) is 6.61 Å². The van der Waals surface area contributed by atoms with E-state index >= 15 is 0 Å². The van der Waals surface area contributed by atoms with Crippen LogP contribution in [0.25, 0.3) is 0 Å². The lowest BCUT2D eigenvalue weighted by Gasteiger charge is -2.28. The fraction of sp³-hybridized carbons (Fsp3) is 0.167. The number of methoxy groups -OCH3 is 1. The number of nitriles is 1. The second-order valence-corrected chi connectivity index (χ2v) is 7.30. The van der Waals surface area contributed by atoms with E-state index in [1.165, 1.54) is 50.4 Å². The van der Waals surface area contributed by atoms with Crippen LogP contribution in [0.4, 0.5) is 11.4 Å². The first-order valence-corrected chi connectivity index (χ1v) is 9.84. The summed E-state index contributed by atoms with van der Waals surface area (Å²) in [6, 6.07) is 19.8. The molecule has 0 aliphatic heterocycles. The first kappa shape index (κ1) is 23.1. The molecule has 3 aromatic rings. The van der Waals surface area contributed by atoms with Gasteiger partial charge in [0.05, 0.1) is 35.3 Å². The van der Waals surface area contributed by atoms with E-state index in [1.54, 1.807) is 0 Å². The van der Waals surface area contributed by atoms with Crippen molar-refractivity contribution in [3.05, 3.63) is 93.5 Å². The highest BCUT2D eigenvalue weighted by molar-refractivity contribution is 5.86. The number of hydrogen-bond acceptors (Lipinski definition) is 7. The molecule has 1 unspecified atom stereocenters. The zero-order valence-electron chi connectivity index (χ0n) is 17.9. The number of ether oxygens (including phenoxy) is 2. The molecule has 168 valence electrons. The van der Waals surface area contributed by atoms with Crippen LogP contribution < -0.4 is 14.8 Å². The number of rotatable bonds is 9. The topological polar surface area (TPSA) is 135 Å². The normalized spacial score (nSPS) is 12.2. The lowest BCUT2D eigenvalue weighted by atomic mass is 9.89. The molecule has 0 spiro atoms. The van der Waals surface area contributed by atoms with E-state index in [0.717, 1.165) is 5.56 Å². The standard InChI is InChI=1S/C24H21N3O6/c1-24(23(28)29,26-18-10-8-16(14-25)9-11-18)19-12-21(32-2)22(13-20(19)27(30)31)33-15-17-6-4-3-5-7-17/h3-13,26H,15H2,1-2H3,(H,28,29). The minimum Gasteiger partial charge on any atom is -0.493 e. The lowest BCUT2D eigenvalue weighted by molar-refractivity contribution is -0.386. The fourth-order valence-corrected chi connectivity index (χ4v) is 3.26. The summed E-state index contributed by atoms with van der Waals surface area (Å²) in [4.78, 5) is 23.6. The Labute approximate surface area is 190 Å². The minimum absolute atomic E-state index is 0.114. The van der Waals surface area contributed by atoms with Gasteiger partial charge in [-0.25, -0.2) is 4.79 Å². The van der Waals surface area contributed by atoms with Gasteiger partial charge in [-0.2, -0.15) is 5.26 Å². The van der Waals surface area contributed by atoms with Crippen molar-refractivity contribution in [2.75, 3.05) is 12.4 Å². The number of anilines is 1. The fourth-order valence-electron chi connectivity index (χ4n) is 3.26. The highest BCUT2D eigenvalue weighted by Gasteiger charge is 2.42. The highest BCUT2D eigenvalue weighted by atomic mass is 16.6. The molecule has 0 fully saturated rings. The molecule has 0 amide bonds. The van der Waals surface area contributed by atoms with Crippen molar-refractivity contribution in [3.63, 3.8) is 0 Å². The van der Waals surface area contributed by atoms with E-state index in [4.69, 9.17) is 14.7 Å². The number of nitro benzene ring substituents is 1. The Kier molecular flexibility index (Phi) is 6.79. The lowest BCUT2D eigenvalue weighted by Crippen LogP contribution is -2.41. The molecule has 2 N–H and O–H groups in total. The quantitative estimate of drug-likeness (QED) is 0.362. The van der Waals surface area contributed by atoms with Gasteiger partial charge >= 0.3 is 5.97 Å². The molecule has 9 nitrogen and oxygen atoms in total. The van der Waals surface area contributed by atoms with Crippen molar-refractivity contribution in [1.82, 2.24) is 0 Å². The molecule has 0 aliphatic rings. The minimum atomic E-state index is -1.89. The van der Waals surface area contributed by atoms with E-state index in [-0.39, 0.29) is 23.7 Å². The third-order valence-electron chi connectivity index (χ3n) is 5.09. The summed E-state index contributed by atoms with van der Waals surface area (Å²) in [5.74, 6) is -1.07. The molecular formula is C24H21N3O6. The zero-order chi connectivity index (χ0) is 24.0. The Morgan fingerprint density at radius 3 is 2.36 bits per heavy atom. The number of aliphatic carboxylic acids is 1. The summed E-state index contributed by atoms with van der Waals surface area (Å²) in [5, 5.41) is 33.7. The maximum absolute atomic E-state index is 12.3. The SMILES string of the molecule is COc1cc(C(C)(Nc2ccc(C#N)cc2)C(=O)O)c([N+](=O)[O-])cc1OCc1ccccc1. The third-order valence-corrected chi connectivity index (χ3v) is 5.09. The number of nitro groups is 1. The maximum atomic E-state index is 12.3. The molecule has 1 atom stereocenters. The van der Waals surface area contributed by atoms with Crippen LogP contribution in [0.2, 0.25) is 0 Å². The Balaban J connectivity index is 2.04. The Morgan fingerprint density at radius 1 is 1.15 bits per heavy atom. The molecule has 0 aromatic heterocycles. The van der Waals surface area contributed by atoms with Crippen LogP contribution in [0.5, 0.6) is 11.5 Å². The summed E-state index contributed by atoms with van der Waals surface area (Å²) in [5.41, 5.74) is -0.828. The number of carboxylic acid groups (broad SMARTS) is 1. The monoisotopic (exact) mass is 447 g/mol. The molecule has 0 saturated heterocycles. The van der Waals surface area contributed by atoms with Crippen LogP contribution in [-0.2, 0) is 16.9 Å². The average molecular weight is 447 g/mol. The van der Waals surface area contributed by atoms with E-state index in [0.29, 0.717) is 11.3 Å². The predicted molar refractivity (Wildman–Crippen MR) is 120 cm³/mol. The van der Waals surface area contributed by atoms with Gasteiger partial charge in [-0.15, -0.1) is 0 Å². The third kappa shape index (κ3) is 5.02. The summed E-state index contributed by atoms with van der Waals surface area (Å²) in [6.45, 7) is 1.47. The van der Waals surface area contributed by atoms with Crippen molar-refractivity contribution >= 4 is 17.3 Å². The molecule has 0 bridgehead atoms. The first-order chi connectivity index (χ1) is 15.8. The van der Waals surface area contributed by atoms with Gasteiger partial charge in [-0.3, -0.25) is 10.1 Å². The average Bonchev–Trinajstić information content (AvgIpc) is 2.83. The second kappa shape index (κ2) is 9.70. The van der Waals surface area contributed by atoms with E-state index in [9.17, 15) is 20.0 Å². The summed E-state index contributed by atoms with van der Waals surface area (Å²) < 4.78 is 11.1. The van der Waals surface area contributed by atoms with Crippen LogP contribution >= 0.6 is 0 Å². The highest BCUT2D eigenvalue weighted by Crippen LogP contribution is 2.41. The Bertz CT molecular complexity index is 1210. The van der Waals surface area contributed by atoms with Crippen molar-refractivity contribution in [3.8, 4) is 17.6 Å². The van der Waals surface area contributed by atoms with Crippen LogP contribution in [-0.4, -0.2) is 23.1 Å². The van der Waals surface area contributed by atoms with Gasteiger partial charge in [0.15, 0.2) is 17.0 Å². The molecule has 3 aromatic carbocycles. The van der Waals surface area contributed by atoms with Crippen molar-refractivity contribution in [2.45, 2.75) is 19.1 Å². The smallest absolute Gasteiger partial charge is 0.334 e. The van der Waals surface area contributed by atoms with Crippen molar-refractivity contribution in [1.29, 1.82) is 5.26 Å². The Morgan fingerprint density at radius 2 is 1.82 bits per heavy atom. The molecule has 0 radical (unpaired) electrons. The van der Waals surface area contributed by atoms with Gasteiger partial charge in [-0.05, 0) is 42.8 Å². The van der Waals surface area contributed by atoms with Crippen molar-refractivity contribution < 1.29 is 24.3 Å². The number of carbonyl (C=O) groups is 1. The zero-order valence-corrected chi connectivity index (χ0v) is 17.9. The van der Waals surface area contributed by atoms with E-state index in [2.05, 4.69) is 5.32 Å². The second-order valence-electron chi connectivity index (χ2n) is 7.30. The number of benzene rings is 3.